The van der Waals surface area contributed by atoms with Crippen molar-refractivity contribution < 1.29 is 23.7 Å². The van der Waals surface area contributed by atoms with Crippen molar-refractivity contribution in [2.75, 3.05) is 14.2 Å². The van der Waals surface area contributed by atoms with E-state index in [0.717, 1.165) is 37.2 Å². The molecule has 2 heterocycles. The average molecular weight is 346 g/mol. The van der Waals surface area contributed by atoms with Crippen molar-refractivity contribution in [3.63, 3.8) is 0 Å². The molecule has 4 rings (SSSR count). The van der Waals surface area contributed by atoms with Crippen molar-refractivity contribution in [1.82, 2.24) is 0 Å². The molecule has 0 saturated carbocycles. The lowest BCUT2D eigenvalue weighted by molar-refractivity contribution is -0.166. The van der Waals surface area contributed by atoms with Gasteiger partial charge >= 0.3 is 0 Å². The monoisotopic (exact) mass is 346 g/mol. The SMILES string of the molecule is CCCC1=C2OC2(OC)C(OC2C=CC(CCC)=C3OC32OC)C=C1. The molecule has 2 aliphatic carbocycles. The van der Waals surface area contributed by atoms with Crippen molar-refractivity contribution in [2.45, 2.75) is 63.3 Å². The number of methoxy groups -OCH3 is 2. The van der Waals surface area contributed by atoms with E-state index >= 15 is 0 Å². The zero-order chi connectivity index (χ0) is 17.7. The minimum atomic E-state index is -0.787. The highest BCUT2D eigenvalue weighted by atomic mass is 16.8. The third-order valence-corrected chi connectivity index (χ3v) is 5.27. The number of ether oxygens (including phenoxy) is 5. The molecule has 2 saturated heterocycles. The largest absolute Gasteiger partial charge is 0.449 e. The fourth-order valence-corrected chi connectivity index (χ4v) is 3.88. The summed E-state index contributed by atoms with van der Waals surface area (Å²) in [5.41, 5.74) is 2.39. The van der Waals surface area contributed by atoms with E-state index in [-0.39, 0.29) is 12.2 Å². The molecular formula is C20H26O5. The number of hydrogen-bond donors (Lipinski definition) is 0. The van der Waals surface area contributed by atoms with E-state index in [1.807, 2.05) is 12.2 Å². The van der Waals surface area contributed by atoms with Gasteiger partial charge in [0.1, 0.15) is 0 Å². The lowest BCUT2D eigenvalue weighted by Crippen LogP contribution is -2.42. The van der Waals surface area contributed by atoms with Crippen molar-refractivity contribution in [1.29, 1.82) is 0 Å². The molecule has 0 aromatic carbocycles. The highest BCUT2D eigenvalue weighted by Crippen LogP contribution is 2.55. The number of epoxide rings is 2. The summed E-state index contributed by atoms with van der Waals surface area (Å²) in [5.74, 6) is 0.221. The molecule has 0 spiro atoms. The van der Waals surface area contributed by atoms with Crippen LogP contribution in [-0.4, -0.2) is 38.0 Å². The Balaban J connectivity index is 1.53. The molecule has 4 atom stereocenters. The highest BCUT2D eigenvalue weighted by Gasteiger charge is 2.67. The van der Waals surface area contributed by atoms with Crippen LogP contribution >= 0.6 is 0 Å². The zero-order valence-corrected chi connectivity index (χ0v) is 15.3. The molecule has 4 aliphatic rings. The van der Waals surface area contributed by atoms with Gasteiger partial charge in [-0.2, -0.15) is 0 Å². The second-order valence-electron chi connectivity index (χ2n) is 6.85. The van der Waals surface area contributed by atoms with Gasteiger partial charge in [0.2, 0.25) is 0 Å². The minimum Gasteiger partial charge on any atom is -0.449 e. The summed E-state index contributed by atoms with van der Waals surface area (Å²) < 4.78 is 29.4. The van der Waals surface area contributed by atoms with Gasteiger partial charge in [-0.05, 0) is 36.1 Å². The number of allylic oxidation sites excluding steroid dienone is 4. The molecule has 0 bridgehead atoms. The van der Waals surface area contributed by atoms with Gasteiger partial charge < -0.3 is 23.7 Å². The van der Waals surface area contributed by atoms with Crippen LogP contribution in [0.25, 0.3) is 0 Å². The fourth-order valence-electron chi connectivity index (χ4n) is 3.88. The van der Waals surface area contributed by atoms with E-state index < -0.39 is 11.6 Å². The summed E-state index contributed by atoms with van der Waals surface area (Å²) in [4.78, 5) is 0. The number of hydrogen-bond acceptors (Lipinski definition) is 5. The van der Waals surface area contributed by atoms with Crippen molar-refractivity contribution >= 4 is 0 Å². The van der Waals surface area contributed by atoms with Crippen LogP contribution in [0.1, 0.15) is 39.5 Å². The first-order valence-electron chi connectivity index (χ1n) is 9.12. The predicted octanol–water partition coefficient (Wildman–Crippen LogP) is 3.73. The second-order valence-corrected chi connectivity index (χ2v) is 6.85. The first-order chi connectivity index (χ1) is 12.1. The third kappa shape index (κ3) is 2.40. The minimum absolute atomic E-state index is 0.326. The van der Waals surface area contributed by atoms with E-state index in [9.17, 15) is 0 Å². The maximum Gasteiger partial charge on any atom is 0.299 e. The highest BCUT2D eigenvalue weighted by molar-refractivity contribution is 5.45. The van der Waals surface area contributed by atoms with Crippen LogP contribution in [0.2, 0.25) is 0 Å². The molecule has 5 heteroatoms. The molecule has 0 aromatic heterocycles. The summed E-state index contributed by atoms with van der Waals surface area (Å²) in [5, 5.41) is 0. The summed E-state index contributed by atoms with van der Waals surface area (Å²) in [6.07, 6.45) is 11.7. The Labute approximate surface area is 148 Å². The maximum absolute atomic E-state index is 6.34. The Morgan fingerprint density at radius 3 is 1.64 bits per heavy atom. The molecule has 0 amide bonds. The average Bonchev–Trinajstić information content (AvgIpc) is 3.52. The molecule has 0 radical (unpaired) electrons. The van der Waals surface area contributed by atoms with Gasteiger partial charge in [0, 0.05) is 14.2 Å². The Morgan fingerprint density at radius 2 is 1.28 bits per heavy atom. The molecular weight excluding hydrogens is 320 g/mol. The van der Waals surface area contributed by atoms with Gasteiger partial charge in [-0.25, -0.2) is 0 Å². The normalized spacial score (nSPS) is 37.4. The smallest absolute Gasteiger partial charge is 0.299 e. The Bertz CT molecular complexity index is 630. The standard InChI is InChI=1S/C20H26O5/c1-5-7-13-9-11-15(19(21-3)17(13)24-19)23-16-12-10-14(8-6-2)18-20(16,22-4)25-18/h9-12,15-16H,5-8H2,1-4H3. The van der Waals surface area contributed by atoms with Gasteiger partial charge in [-0.15, -0.1) is 0 Å². The van der Waals surface area contributed by atoms with Gasteiger partial charge in [-0.1, -0.05) is 38.8 Å². The molecule has 5 nitrogen and oxygen atoms in total. The Hall–Kier alpha value is -1.56. The van der Waals surface area contributed by atoms with Crippen LogP contribution in [0.15, 0.2) is 47.0 Å². The summed E-state index contributed by atoms with van der Waals surface area (Å²) in [6.45, 7) is 4.31. The van der Waals surface area contributed by atoms with E-state index in [1.54, 1.807) is 14.2 Å². The van der Waals surface area contributed by atoms with E-state index in [4.69, 9.17) is 23.7 Å². The van der Waals surface area contributed by atoms with Crippen LogP contribution < -0.4 is 0 Å². The Kier molecular flexibility index (Phi) is 4.06. The lowest BCUT2D eigenvalue weighted by Gasteiger charge is -2.28. The predicted molar refractivity (Wildman–Crippen MR) is 92.5 cm³/mol. The van der Waals surface area contributed by atoms with Crippen LogP contribution in [-0.2, 0) is 23.7 Å². The third-order valence-electron chi connectivity index (χ3n) is 5.27. The first kappa shape index (κ1) is 16.9. The van der Waals surface area contributed by atoms with Crippen LogP contribution in [0.4, 0.5) is 0 Å². The van der Waals surface area contributed by atoms with Gasteiger partial charge in [0.05, 0.1) is 0 Å². The van der Waals surface area contributed by atoms with Crippen molar-refractivity contribution in [3.05, 3.63) is 47.0 Å². The summed E-state index contributed by atoms with van der Waals surface area (Å²) >= 11 is 0. The number of rotatable bonds is 8. The summed E-state index contributed by atoms with van der Waals surface area (Å²) in [6, 6.07) is 0. The molecule has 2 fully saturated rings. The van der Waals surface area contributed by atoms with E-state index in [2.05, 4.69) is 26.0 Å². The van der Waals surface area contributed by atoms with E-state index in [1.165, 1.54) is 11.1 Å². The first-order valence-corrected chi connectivity index (χ1v) is 9.12. The molecule has 136 valence electrons. The van der Waals surface area contributed by atoms with Crippen LogP contribution in [0.5, 0.6) is 0 Å². The van der Waals surface area contributed by atoms with Crippen molar-refractivity contribution in [3.8, 4) is 0 Å². The lowest BCUT2D eigenvalue weighted by atomic mass is 9.96. The van der Waals surface area contributed by atoms with Crippen LogP contribution in [0.3, 0.4) is 0 Å². The Morgan fingerprint density at radius 1 is 0.840 bits per heavy atom. The van der Waals surface area contributed by atoms with E-state index in [0.29, 0.717) is 0 Å². The molecule has 0 N–H and O–H groups in total. The molecule has 0 aromatic rings. The summed E-state index contributed by atoms with van der Waals surface area (Å²) in [7, 11) is 3.32. The molecule has 2 aliphatic heterocycles. The molecule has 4 unspecified atom stereocenters. The maximum atomic E-state index is 6.34. The van der Waals surface area contributed by atoms with Crippen molar-refractivity contribution in [2.24, 2.45) is 0 Å². The van der Waals surface area contributed by atoms with Gasteiger partial charge in [0.15, 0.2) is 23.7 Å². The van der Waals surface area contributed by atoms with Gasteiger partial charge in [-0.3, -0.25) is 0 Å². The fraction of sp³-hybridized carbons (Fsp3) is 0.600. The van der Waals surface area contributed by atoms with Gasteiger partial charge in [0.25, 0.3) is 11.6 Å². The quantitative estimate of drug-likeness (QED) is 0.627. The zero-order valence-electron chi connectivity index (χ0n) is 15.3. The molecule has 25 heavy (non-hydrogen) atoms. The topological polar surface area (TPSA) is 52.8 Å². The second kappa shape index (κ2) is 6.01. The van der Waals surface area contributed by atoms with Crippen LogP contribution in [0, 0.1) is 0 Å². The number of fused-ring (bicyclic) bond motifs is 2.